The van der Waals surface area contributed by atoms with E-state index in [1.165, 1.54) is 25.4 Å². The molecule has 6 nitrogen and oxygen atoms in total. The normalized spacial score (nSPS) is 11.8. The summed E-state index contributed by atoms with van der Waals surface area (Å²) in [6, 6.07) is 4.65. The second-order valence-corrected chi connectivity index (χ2v) is 6.22. The minimum Gasteiger partial charge on any atom is -0.377 e. The molecule has 0 fully saturated rings. The molecule has 0 spiro atoms. The van der Waals surface area contributed by atoms with Gasteiger partial charge >= 0.3 is 0 Å². The van der Waals surface area contributed by atoms with E-state index in [0.29, 0.717) is 6.61 Å². The van der Waals surface area contributed by atoms with E-state index in [9.17, 15) is 8.42 Å². The van der Waals surface area contributed by atoms with E-state index in [2.05, 4.69) is 4.98 Å². The van der Waals surface area contributed by atoms with Gasteiger partial charge in [0.25, 0.3) is 0 Å². The minimum atomic E-state index is -3.71. The number of likely N-dealkylation sites (N-methyl/N-ethyl adjacent to an activating group) is 1. The van der Waals surface area contributed by atoms with E-state index in [-0.39, 0.29) is 23.2 Å². The van der Waals surface area contributed by atoms with Gasteiger partial charge < -0.3 is 4.74 Å². The van der Waals surface area contributed by atoms with Crippen LogP contribution in [0, 0.1) is 11.3 Å². The Labute approximate surface area is 113 Å². The number of ether oxygens (including phenoxy) is 1. The first-order valence-corrected chi connectivity index (χ1v) is 7.26. The summed E-state index contributed by atoms with van der Waals surface area (Å²) in [5.74, 6) is 0. The van der Waals surface area contributed by atoms with Crippen molar-refractivity contribution in [3.8, 4) is 6.07 Å². The predicted octanol–water partition coefficient (Wildman–Crippen LogP) is 0.999. The van der Waals surface area contributed by atoms with Crippen molar-refractivity contribution in [2.45, 2.75) is 24.8 Å². The van der Waals surface area contributed by atoms with Crippen LogP contribution < -0.4 is 0 Å². The molecule has 0 saturated carbocycles. The Bertz CT molecular complexity index is 564. The molecule has 0 saturated heterocycles. The number of nitriles is 1. The van der Waals surface area contributed by atoms with E-state index in [4.69, 9.17) is 10.00 Å². The van der Waals surface area contributed by atoms with Crippen molar-refractivity contribution in [2.75, 3.05) is 20.2 Å². The lowest BCUT2D eigenvalue weighted by molar-refractivity contribution is 0.0737. The van der Waals surface area contributed by atoms with Crippen LogP contribution in [0.25, 0.3) is 0 Å². The van der Waals surface area contributed by atoms with Crippen LogP contribution in [0.3, 0.4) is 0 Å². The topological polar surface area (TPSA) is 83.3 Å². The zero-order chi connectivity index (χ0) is 14.5. The average molecular weight is 283 g/mol. The summed E-state index contributed by atoms with van der Waals surface area (Å²) >= 11 is 0. The third-order valence-corrected chi connectivity index (χ3v) is 4.31. The Morgan fingerprint density at radius 1 is 1.53 bits per heavy atom. The van der Waals surface area contributed by atoms with Crippen LogP contribution >= 0.6 is 0 Å². The van der Waals surface area contributed by atoms with Gasteiger partial charge in [-0.3, -0.25) is 0 Å². The van der Waals surface area contributed by atoms with Gasteiger partial charge in [-0.15, -0.1) is 0 Å². The SMILES string of the molecule is CC(C)OCCN(C)S(=O)(=O)c1cccnc1C#N. The summed E-state index contributed by atoms with van der Waals surface area (Å²) in [5.41, 5.74) is -0.0980. The molecule has 104 valence electrons. The molecule has 0 bridgehead atoms. The highest BCUT2D eigenvalue weighted by molar-refractivity contribution is 7.89. The Balaban J connectivity index is 2.89. The third kappa shape index (κ3) is 3.99. The fourth-order valence-corrected chi connectivity index (χ4v) is 2.63. The average Bonchev–Trinajstić information content (AvgIpc) is 2.38. The molecule has 0 N–H and O–H groups in total. The lowest BCUT2D eigenvalue weighted by Crippen LogP contribution is -2.31. The van der Waals surface area contributed by atoms with Crippen LogP contribution in [0.2, 0.25) is 0 Å². The summed E-state index contributed by atoms with van der Waals surface area (Å²) in [4.78, 5) is 3.68. The molecule has 0 radical (unpaired) electrons. The number of rotatable bonds is 6. The Hall–Kier alpha value is -1.49. The van der Waals surface area contributed by atoms with Gasteiger partial charge in [-0.2, -0.15) is 9.57 Å². The predicted molar refractivity (Wildman–Crippen MR) is 69.9 cm³/mol. The number of aromatic nitrogens is 1. The zero-order valence-electron chi connectivity index (χ0n) is 11.2. The lowest BCUT2D eigenvalue weighted by Gasteiger charge is -2.18. The van der Waals surface area contributed by atoms with Crippen LogP contribution in [0.15, 0.2) is 23.2 Å². The molecule has 0 aromatic carbocycles. The van der Waals surface area contributed by atoms with Crippen molar-refractivity contribution in [2.24, 2.45) is 0 Å². The molecule has 0 atom stereocenters. The van der Waals surface area contributed by atoms with Crippen LogP contribution in [0.4, 0.5) is 0 Å². The Morgan fingerprint density at radius 3 is 2.79 bits per heavy atom. The molecular weight excluding hydrogens is 266 g/mol. The number of pyridine rings is 1. The zero-order valence-corrected chi connectivity index (χ0v) is 12.0. The fraction of sp³-hybridized carbons (Fsp3) is 0.500. The number of sulfonamides is 1. The largest absolute Gasteiger partial charge is 0.377 e. The Morgan fingerprint density at radius 2 is 2.21 bits per heavy atom. The van der Waals surface area contributed by atoms with Gasteiger partial charge in [0.15, 0.2) is 5.69 Å². The van der Waals surface area contributed by atoms with Gasteiger partial charge in [0, 0.05) is 19.8 Å². The number of hydrogen-bond acceptors (Lipinski definition) is 5. The summed E-state index contributed by atoms with van der Waals surface area (Å²) < 4.78 is 31.0. The van der Waals surface area contributed by atoms with Gasteiger partial charge in [0.2, 0.25) is 10.0 Å². The van der Waals surface area contributed by atoms with Crippen molar-refractivity contribution in [3.05, 3.63) is 24.0 Å². The molecular formula is C12H17N3O3S. The molecule has 1 rings (SSSR count). The maximum atomic E-state index is 12.3. The highest BCUT2D eigenvalue weighted by atomic mass is 32.2. The van der Waals surface area contributed by atoms with Crippen LogP contribution in [0.1, 0.15) is 19.5 Å². The second-order valence-electron chi connectivity index (χ2n) is 4.21. The second kappa shape index (κ2) is 6.61. The first kappa shape index (κ1) is 15.6. The lowest BCUT2D eigenvalue weighted by atomic mass is 10.4. The highest BCUT2D eigenvalue weighted by Crippen LogP contribution is 2.16. The van der Waals surface area contributed by atoms with Crippen molar-refractivity contribution in [3.63, 3.8) is 0 Å². The van der Waals surface area contributed by atoms with Crippen molar-refractivity contribution in [1.82, 2.24) is 9.29 Å². The van der Waals surface area contributed by atoms with Gasteiger partial charge in [-0.25, -0.2) is 13.4 Å². The molecule has 19 heavy (non-hydrogen) atoms. The molecule has 7 heteroatoms. The summed E-state index contributed by atoms with van der Waals surface area (Å²) in [7, 11) is -2.26. The number of hydrogen-bond donors (Lipinski definition) is 0. The van der Waals surface area contributed by atoms with E-state index in [1.807, 2.05) is 13.8 Å². The monoisotopic (exact) mass is 283 g/mol. The minimum absolute atomic E-state index is 0.0455. The maximum Gasteiger partial charge on any atom is 0.245 e. The van der Waals surface area contributed by atoms with E-state index < -0.39 is 10.0 Å². The quantitative estimate of drug-likeness (QED) is 0.777. The smallest absolute Gasteiger partial charge is 0.245 e. The van der Waals surface area contributed by atoms with E-state index in [1.54, 1.807) is 6.07 Å². The summed E-state index contributed by atoms with van der Waals surface area (Å²) in [6.07, 6.45) is 1.43. The van der Waals surface area contributed by atoms with Gasteiger partial charge in [0.05, 0.1) is 12.7 Å². The van der Waals surface area contributed by atoms with E-state index in [0.717, 1.165) is 4.31 Å². The van der Waals surface area contributed by atoms with Crippen molar-refractivity contribution in [1.29, 1.82) is 5.26 Å². The fourth-order valence-electron chi connectivity index (χ4n) is 1.39. The third-order valence-electron chi connectivity index (χ3n) is 2.42. The summed E-state index contributed by atoms with van der Waals surface area (Å²) in [6.45, 7) is 4.28. The molecule has 1 aromatic heterocycles. The molecule has 1 heterocycles. The van der Waals surface area contributed by atoms with Gasteiger partial charge in [-0.05, 0) is 26.0 Å². The number of nitrogens with zero attached hydrogens (tertiary/aromatic N) is 3. The molecule has 0 aliphatic carbocycles. The Kier molecular flexibility index (Phi) is 5.42. The van der Waals surface area contributed by atoms with Crippen molar-refractivity contribution < 1.29 is 13.2 Å². The molecule has 1 aromatic rings. The van der Waals surface area contributed by atoms with Gasteiger partial charge in [-0.1, -0.05) is 0 Å². The first-order chi connectivity index (χ1) is 8.89. The molecule has 0 aliphatic rings. The van der Waals surface area contributed by atoms with Crippen LogP contribution in [-0.2, 0) is 14.8 Å². The molecule has 0 aliphatic heterocycles. The van der Waals surface area contributed by atoms with Crippen LogP contribution in [0.5, 0.6) is 0 Å². The van der Waals surface area contributed by atoms with E-state index >= 15 is 0 Å². The maximum absolute atomic E-state index is 12.3. The van der Waals surface area contributed by atoms with Crippen molar-refractivity contribution >= 4 is 10.0 Å². The molecule has 0 unspecified atom stereocenters. The van der Waals surface area contributed by atoms with Gasteiger partial charge in [0.1, 0.15) is 11.0 Å². The summed E-state index contributed by atoms with van der Waals surface area (Å²) in [5, 5.41) is 8.89. The highest BCUT2D eigenvalue weighted by Gasteiger charge is 2.24. The molecule has 0 amide bonds. The first-order valence-electron chi connectivity index (χ1n) is 5.82. The standard InChI is InChI=1S/C12H17N3O3S/c1-10(2)18-8-7-15(3)19(16,17)12-5-4-6-14-11(12)9-13/h4-6,10H,7-8H2,1-3H3. The van der Waals surface area contributed by atoms with Crippen LogP contribution in [-0.4, -0.2) is 44.0 Å².